The van der Waals surface area contributed by atoms with E-state index in [-0.39, 0.29) is 11.5 Å². The van der Waals surface area contributed by atoms with Crippen LogP contribution < -0.4 is 4.72 Å². The molecule has 2 aromatic rings. The van der Waals surface area contributed by atoms with Gasteiger partial charge in [-0.1, -0.05) is 12.1 Å². The fraction of sp³-hybridized carbons (Fsp3) is 0.357. The molecule has 0 bridgehead atoms. The summed E-state index contributed by atoms with van der Waals surface area (Å²) < 4.78 is 27.4. The average Bonchev–Trinajstić information content (AvgIpc) is 3.20. The van der Waals surface area contributed by atoms with Crippen LogP contribution in [0.4, 0.5) is 5.13 Å². The molecule has 0 unspecified atom stereocenters. The van der Waals surface area contributed by atoms with Crippen LogP contribution in [0.5, 0.6) is 0 Å². The summed E-state index contributed by atoms with van der Waals surface area (Å²) in [6, 6.07) is 4.87. The van der Waals surface area contributed by atoms with E-state index >= 15 is 0 Å². The van der Waals surface area contributed by atoms with E-state index < -0.39 is 10.0 Å². The van der Waals surface area contributed by atoms with Crippen molar-refractivity contribution in [2.75, 3.05) is 4.72 Å². The third-order valence-electron chi connectivity index (χ3n) is 3.60. The Kier molecular flexibility index (Phi) is 3.73. The first kappa shape index (κ1) is 14.5. The fourth-order valence-corrected chi connectivity index (χ4v) is 4.53. The van der Waals surface area contributed by atoms with E-state index in [0.29, 0.717) is 22.2 Å². The predicted molar refractivity (Wildman–Crippen MR) is 82.0 cm³/mol. The number of aliphatic hydroxyl groups excluding tert-OH is 1. The van der Waals surface area contributed by atoms with Gasteiger partial charge in [0.25, 0.3) is 10.0 Å². The van der Waals surface area contributed by atoms with Gasteiger partial charge in [0, 0.05) is 11.3 Å². The van der Waals surface area contributed by atoms with Gasteiger partial charge in [-0.2, -0.15) is 0 Å². The zero-order valence-corrected chi connectivity index (χ0v) is 13.2. The maximum absolute atomic E-state index is 12.5. The van der Waals surface area contributed by atoms with E-state index in [1.54, 1.807) is 19.1 Å². The van der Waals surface area contributed by atoms with Gasteiger partial charge in [0.05, 0.1) is 17.2 Å². The van der Waals surface area contributed by atoms with Crippen molar-refractivity contribution in [3.63, 3.8) is 0 Å². The fourth-order valence-electron chi connectivity index (χ4n) is 2.19. The third-order valence-corrected chi connectivity index (χ3v) is 5.98. The summed E-state index contributed by atoms with van der Waals surface area (Å²) in [5.74, 6) is 0.499. The molecular weight excluding hydrogens is 308 g/mol. The third kappa shape index (κ3) is 2.95. The van der Waals surface area contributed by atoms with Gasteiger partial charge in [-0.25, -0.2) is 13.4 Å². The van der Waals surface area contributed by atoms with Crippen LogP contribution in [0.15, 0.2) is 28.5 Å². The Morgan fingerprint density at radius 1 is 1.43 bits per heavy atom. The second-order valence-electron chi connectivity index (χ2n) is 5.16. The Balaban J connectivity index is 1.89. The molecule has 0 aliphatic heterocycles. The molecule has 1 heterocycles. The summed E-state index contributed by atoms with van der Waals surface area (Å²) in [5.41, 5.74) is 2.14. The van der Waals surface area contributed by atoms with Crippen LogP contribution in [0.25, 0.3) is 0 Å². The van der Waals surface area contributed by atoms with Crippen LogP contribution in [0.1, 0.15) is 35.6 Å². The highest BCUT2D eigenvalue weighted by Crippen LogP contribution is 2.41. The van der Waals surface area contributed by atoms with Crippen molar-refractivity contribution in [2.24, 2.45) is 0 Å². The lowest BCUT2D eigenvalue weighted by Crippen LogP contribution is -2.15. The molecule has 3 rings (SSSR count). The Morgan fingerprint density at radius 2 is 2.19 bits per heavy atom. The van der Waals surface area contributed by atoms with Crippen molar-refractivity contribution in [2.45, 2.75) is 37.2 Å². The Morgan fingerprint density at radius 3 is 2.86 bits per heavy atom. The van der Waals surface area contributed by atoms with Gasteiger partial charge in [0.1, 0.15) is 0 Å². The highest BCUT2D eigenvalue weighted by atomic mass is 32.2. The van der Waals surface area contributed by atoms with Crippen LogP contribution in [0, 0.1) is 6.92 Å². The van der Waals surface area contributed by atoms with Gasteiger partial charge < -0.3 is 5.11 Å². The van der Waals surface area contributed by atoms with E-state index in [9.17, 15) is 13.5 Å². The first-order chi connectivity index (χ1) is 10.0. The minimum absolute atomic E-state index is 0.178. The number of rotatable bonds is 5. The molecule has 1 fully saturated rings. The van der Waals surface area contributed by atoms with Gasteiger partial charge in [-0.05, 0) is 37.0 Å². The molecule has 0 amide bonds. The summed E-state index contributed by atoms with van der Waals surface area (Å²) in [6.07, 6.45) is 2.27. The van der Waals surface area contributed by atoms with Crippen molar-refractivity contribution >= 4 is 26.5 Å². The number of nitrogens with one attached hydrogen (secondary N) is 1. The second kappa shape index (κ2) is 5.40. The number of anilines is 1. The Labute approximate surface area is 127 Å². The summed E-state index contributed by atoms with van der Waals surface area (Å²) >= 11 is 1.30. The molecule has 2 N–H and O–H groups in total. The van der Waals surface area contributed by atoms with Crippen LogP contribution in [0.2, 0.25) is 0 Å². The number of sulfonamides is 1. The zero-order chi connectivity index (χ0) is 15.0. The molecule has 1 aliphatic rings. The molecule has 0 saturated heterocycles. The molecule has 1 aromatic carbocycles. The topological polar surface area (TPSA) is 79.3 Å². The smallest absolute Gasteiger partial charge is 0.263 e. The Bertz CT molecular complexity index is 764. The van der Waals surface area contributed by atoms with Gasteiger partial charge in [-0.3, -0.25) is 4.72 Å². The van der Waals surface area contributed by atoms with Crippen molar-refractivity contribution in [3.8, 4) is 0 Å². The quantitative estimate of drug-likeness (QED) is 0.886. The first-order valence-corrected chi connectivity index (χ1v) is 9.05. The van der Waals surface area contributed by atoms with Crippen LogP contribution in [-0.2, 0) is 16.6 Å². The number of nitrogens with zero attached hydrogens (tertiary/aromatic N) is 1. The zero-order valence-electron chi connectivity index (χ0n) is 11.5. The molecule has 112 valence electrons. The molecule has 7 heteroatoms. The summed E-state index contributed by atoms with van der Waals surface area (Å²) in [7, 11) is -3.68. The Hall–Kier alpha value is -1.44. The summed E-state index contributed by atoms with van der Waals surface area (Å²) in [6.45, 7) is 1.51. The molecular formula is C14H16N2O3S2. The first-order valence-electron chi connectivity index (χ1n) is 6.69. The molecule has 1 aromatic heterocycles. The van der Waals surface area contributed by atoms with E-state index in [2.05, 4.69) is 9.71 Å². The SMILES string of the molecule is Cc1c(CO)cccc1S(=O)(=O)Nc1nc(C2CC2)cs1. The van der Waals surface area contributed by atoms with Gasteiger partial charge in [0.2, 0.25) is 0 Å². The van der Waals surface area contributed by atoms with Crippen LogP contribution in [-0.4, -0.2) is 18.5 Å². The summed E-state index contributed by atoms with van der Waals surface area (Å²) in [5, 5.41) is 11.5. The van der Waals surface area contributed by atoms with Crippen molar-refractivity contribution in [3.05, 3.63) is 40.4 Å². The van der Waals surface area contributed by atoms with Gasteiger partial charge >= 0.3 is 0 Å². The van der Waals surface area contributed by atoms with Crippen molar-refractivity contribution in [1.82, 2.24) is 4.98 Å². The number of thiazole rings is 1. The highest BCUT2D eigenvalue weighted by molar-refractivity contribution is 7.93. The van der Waals surface area contributed by atoms with Gasteiger partial charge in [-0.15, -0.1) is 11.3 Å². The monoisotopic (exact) mass is 324 g/mol. The normalized spacial score (nSPS) is 15.1. The van der Waals surface area contributed by atoms with Crippen molar-refractivity contribution < 1.29 is 13.5 Å². The second-order valence-corrected chi connectivity index (χ2v) is 7.66. The molecule has 1 aliphatic carbocycles. The number of benzene rings is 1. The lowest BCUT2D eigenvalue weighted by molar-refractivity contribution is 0.280. The molecule has 0 radical (unpaired) electrons. The maximum atomic E-state index is 12.5. The van der Waals surface area contributed by atoms with E-state index in [1.165, 1.54) is 17.4 Å². The number of aliphatic hydroxyl groups is 1. The standard InChI is InChI=1S/C14H16N2O3S2/c1-9-11(7-17)3-2-4-13(9)21(18,19)16-14-15-12(8-20-14)10-5-6-10/h2-4,8,10,17H,5-7H2,1H3,(H,15,16). The highest BCUT2D eigenvalue weighted by Gasteiger charge is 2.27. The number of hydrogen-bond acceptors (Lipinski definition) is 5. The molecule has 0 atom stereocenters. The number of aromatic nitrogens is 1. The summed E-state index contributed by atoms with van der Waals surface area (Å²) in [4.78, 5) is 4.51. The van der Waals surface area contributed by atoms with Crippen LogP contribution >= 0.6 is 11.3 Å². The largest absolute Gasteiger partial charge is 0.392 e. The lowest BCUT2D eigenvalue weighted by Gasteiger charge is -2.10. The lowest BCUT2D eigenvalue weighted by atomic mass is 10.1. The molecule has 0 spiro atoms. The van der Waals surface area contributed by atoms with E-state index in [4.69, 9.17) is 0 Å². The minimum Gasteiger partial charge on any atom is -0.392 e. The molecule has 5 nitrogen and oxygen atoms in total. The number of hydrogen-bond donors (Lipinski definition) is 2. The van der Waals surface area contributed by atoms with E-state index in [1.807, 2.05) is 5.38 Å². The van der Waals surface area contributed by atoms with Crippen LogP contribution in [0.3, 0.4) is 0 Å². The molecule has 1 saturated carbocycles. The predicted octanol–water partition coefficient (Wildman–Crippen LogP) is 2.62. The van der Waals surface area contributed by atoms with E-state index in [0.717, 1.165) is 18.5 Å². The average molecular weight is 324 g/mol. The minimum atomic E-state index is -3.68. The van der Waals surface area contributed by atoms with Crippen molar-refractivity contribution in [1.29, 1.82) is 0 Å². The maximum Gasteiger partial charge on any atom is 0.263 e. The van der Waals surface area contributed by atoms with Gasteiger partial charge in [0.15, 0.2) is 5.13 Å². The molecule has 21 heavy (non-hydrogen) atoms.